The van der Waals surface area contributed by atoms with E-state index in [4.69, 9.17) is 5.10 Å². The van der Waals surface area contributed by atoms with Crippen molar-refractivity contribution < 1.29 is 18.0 Å². The number of amides is 1. The summed E-state index contributed by atoms with van der Waals surface area (Å²) in [4.78, 5) is 24.2. The fraction of sp³-hybridized carbons (Fsp3) is 0.308. The Bertz CT molecular complexity index is 1470. The van der Waals surface area contributed by atoms with Crippen LogP contribution < -0.4 is 0 Å². The molecule has 0 unspecified atom stereocenters. The number of benzene rings is 2. The van der Waals surface area contributed by atoms with Gasteiger partial charge in [0.15, 0.2) is 0 Å². The maximum atomic E-state index is 13.9. The number of carbonyl (C=O) groups is 1. The average molecular weight is 477 g/mol. The summed E-state index contributed by atoms with van der Waals surface area (Å²) in [5.74, 6) is -1.000. The van der Waals surface area contributed by atoms with Crippen LogP contribution in [0.3, 0.4) is 0 Å². The lowest BCUT2D eigenvalue weighted by molar-refractivity contribution is 0.0392. The Morgan fingerprint density at radius 3 is 2.66 bits per heavy atom. The van der Waals surface area contributed by atoms with E-state index < -0.39 is 17.8 Å². The Hall–Kier alpha value is -3.75. The molecule has 2 aliphatic heterocycles. The third-order valence-corrected chi connectivity index (χ3v) is 7.13. The first-order valence-electron chi connectivity index (χ1n) is 11.6. The molecular formula is C26H22F3N5O. The van der Waals surface area contributed by atoms with Crippen LogP contribution in [0.15, 0.2) is 48.8 Å². The Balaban J connectivity index is 1.41. The van der Waals surface area contributed by atoms with Crippen molar-refractivity contribution in [2.24, 2.45) is 7.05 Å². The highest BCUT2D eigenvalue weighted by molar-refractivity contribution is 5.98. The number of rotatable bonds is 3. The fourth-order valence-electron chi connectivity index (χ4n) is 5.61. The van der Waals surface area contributed by atoms with Gasteiger partial charge in [-0.3, -0.25) is 19.4 Å². The molecule has 6 rings (SSSR count). The predicted octanol–water partition coefficient (Wildman–Crippen LogP) is 5.40. The molecule has 2 atom stereocenters. The summed E-state index contributed by atoms with van der Waals surface area (Å²) < 4.78 is 42.3. The van der Waals surface area contributed by atoms with Gasteiger partial charge in [-0.25, -0.2) is 13.2 Å². The lowest BCUT2D eigenvalue weighted by Gasteiger charge is -2.45. The second-order valence-corrected chi connectivity index (χ2v) is 9.15. The largest absolute Gasteiger partial charge is 0.327 e. The number of aromatic nitrogens is 4. The quantitative estimate of drug-likeness (QED) is 0.396. The van der Waals surface area contributed by atoms with Gasteiger partial charge < -0.3 is 4.90 Å². The van der Waals surface area contributed by atoms with E-state index in [0.717, 1.165) is 42.1 Å². The van der Waals surface area contributed by atoms with Crippen LogP contribution in [0.25, 0.3) is 22.3 Å². The monoisotopic (exact) mass is 477 g/mol. The Labute approximate surface area is 199 Å². The number of hydrogen-bond acceptors (Lipinski definition) is 4. The number of fused-ring (bicyclic) bond motifs is 5. The lowest BCUT2D eigenvalue weighted by Crippen LogP contribution is -2.49. The van der Waals surface area contributed by atoms with E-state index in [0.29, 0.717) is 28.8 Å². The molecule has 4 aromatic rings. The van der Waals surface area contributed by atoms with Gasteiger partial charge in [0.25, 0.3) is 12.3 Å². The normalized spacial score (nSPS) is 19.3. The van der Waals surface area contributed by atoms with Gasteiger partial charge in [0.2, 0.25) is 0 Å². The van der Waals surface area contributed by atoms with E-state index >= 15 is 0 Å². The Morgan fingerprint density at radius 2 is 1.86 bits per heavy atom. The Kier molecular flexibility index (Phi) is 5.09. The molecule has 1 saturated heterocycles. The SMILES string of the molecule is Cn1nc2c(c1-c1ccc(F)c(C(F)F)c1)C[C@H]1CCC[C@@H]2N1C(=O)c1ccc2nccnc2c1. The summed E-state index contributed by atoms with van der Waals surface area (Å²) in [6, 6.07) is 8.90. The van der Waals surface area contributed by atoms with Crippen molar-refractivity contribution in [2.45, 2.75) is 44.2 Å². The molecule has 0 radical (unpaired) electrons. The molecule has 0 spiro atoms. The first-order chi connectivity index (χ1) is 16.9. The van der Waals surface area contributed by atoms with Gasteiger partial charge >= 0.3 is 0 Å². The minimum absolute atomic E-state index is 0.0377. The zero-order valence-electron chi connectivity index (χ0n) is 19.0. The number of piperidine rings is 1. The van der Waals surface area contributed by atoms with Gasteiger partial charge in [-0.2, -0.15) is 5.10 Å². The summed E-state index contributed by atoms with van der Waals surface area (Å²) in [6.45, 7) is 0. The van der Waals surface area contributed by atoms with Crippen molar-refractivity contribution in [3.63, 3.8) is 0 Å². The molecule has 2 aliphatic rings. The third kappa shape index (κ3) is 3.48. The van der Waals surface area contributed by atoms with E-state index in [-0.39, 0.29) is 18.0 Å². The third-order valence-electron chi connectivity index (χ3n) is 7.13. The van der Waals surface area contributed by atoms with Crippen LogP contribution in [-0.4, -0.2) is 36.6 Å². The average Bonchev–Trinajstić information content (AvgIpc) is 3.18. The molecule has 0 saturated carbocycles. The molecule has 0 aliphatic carbocycles. The summed E-state index contributed by atoms with van der Waals surface area (Å²) in [6.07, 6.45) is 3.46. The molecule has 1 amide bonds. The zero-order chi connectivity index (χ0) is 24.3. The van der Waals surface area contributed by atoms with Crippen molar-refractivity contribution >= 4 is 16.9 Å². The molecule has 6 nitrogen and oxygen atoms in total. The van der Waals surface area contributed by atoms with Gasteiger partial charge in [-0.1, -0.05) is 0 Å². The summed E-state index contributed by atoms with van der Waals surface area (Å²) in [5, 5.41) is 4.74. The van der Waals surface area contributed by atoms with Crippen LogP contribution in [0.4, 0.5) is 13.2 Å². The molecule has 35 heavy (non-hydrogen) atoms. The minimum atomic E-state index is -2.90. The molecule has 2 aromatic carbocycles. The van der Waals surface area contributed by atoms with Gasteiger partial charge in [0, 0.05) is 42.2 Å². The Morgan fingerprint density at radius 1 is 1.06 bits per heavy atom. The van der Waals surface area contributed by atoms with Gasteiger partial charge in [-0.05, 0) is 62.1 Å². The van der Waals surface area contributed by atoms with Crippen LogP contribution >= 0.6 is 0 Å². The number of hydrogen-bond donors (Lipinski definition) is 0. The molecule has 4 heterocycles. The molecular weight excluding hydrogens is 455 g/mol. The fourth-order valence-corrected chi connectivity index (χ4v) is 5.61. The van der Waals surface area contributed by atoms with Crippen molar-refractivity contribution in [2.75, 3.05) is 0 Å². The highest BCUT2D eigenvalue weighted by Crippen LogP contribution is 2.45. The number of halogens is 3. The van der Waals surface area contributed by atoms with Crippen molar-refractivity contribution in [3.8, 4) is 11.3 Å². The summed E-state index contributed by atoms with van der Waals surface area (Å²) in [7, 11) is 1.76. The van der Waals surface area contributed by atoms with Gasteiger partial charge in [-0.15, -0.1) is 0 Å². The topological polar surface area (TPSA) is 63.9 Å². The van der Waals surface area contributed by atoms with Gasteiger partial charge in [0.05, 0.1) is 34.0 Å². The molecule has 2 aromatic heterocycles. The van der Waals surface area contributed by atoms with Crippen molar-refractivity contribution in [1.29, 1.82) is 0 Å². The van der Waals surface area contributed by atoms with Crippen LogP contribution in [-0.2, 0) is 13.5 Å². The zero-order valence-corrected chi connectivity index (χ0v) is 19.0. The molecule has 178 valence electrons. The first-order valence-corrected chi connectivity index (χ1v) is 11.6. The number of carbonyl (C=O) groups excluding carboxylic acids is 1. The van der Waals surface area contributed by atoms with Gasteiger partial charge in [0.1, 0.15) is 5.82 Å². The second kappa shape index (κ2) is 8.18. The van der Waals surface area contributed by atoms with Crippen molar-refractivity contribution in [1.82, 2.24) is 24.6 Å². The first kappa shape index (κ1) is 21.8. The molecule has 2 bridgehead atoms. The standard InChI is InChI=1S/C26H22F3N5O/c1-33-24(14-5-7-19(27)17(11-14)25(28)29)18-13-16-3-2-4-22(23(18)32-33)34(16)26(35)15-6-8-20-21(12-15)31-10-9-30-20/h5-12,16,22,25H,2-4,13H2,1H3/t16-,22+/m1/s1. The molecule has 9 heteroatoms. The smallest absolute Gasteiger partial charge is 0.266 e. The summed E-state index contributed by atoms with van der Waals surface area (Å²) >= 11 is 0. The number of alkyl halides is 2. The highest BCUT2D eigenvalue weighted by Gasteiger charge is 2.43. The molecule has 0 N–H and O–H groups in total. The van der Waals surface area contributed by atoms with Crippen molar-refractivity contribution in [3.05, 3.63) is 77.0 Å². The maximum absolute atomic E-state index is 13.9. The van der Waals surface area contributed by atoms with E-state index in [2.05, 4.69) is 9.97 Å². The predicted molar refractivity (Wildman–Crippen MR) is 123 cm³/mol. The second-order valence-electron chi connectivity index (χ2n) is 9.15. The molecule has 1 fully saturated rings. The lowest BCUT2D eigenvalue weighted by atomic mass is 9.81. The number of nitrogens with zero attached hydrogens (tertiary/aromatic N) is 5. The maximum Gasteiger partial charge on any atom is 0.266 e. The van der Waals surface area contributed by atoms with E-state index in [9.17, 15) is 18.0 Å². The minimum Gasteiger partial charge on any atom is -0.327 e. The van der Waals surface area contributed by atoms with Crippen LogP contribution in [0.2, 0.25) is 0 Å². The van der Waals surface area contributed by atoms with E-state index in [1.54, 1.807) is 42.3 Å². The van der Waals surface area contributed by atoms with E-state index in [1.807, 2.05) is 4.90 Å². The number of aryl methyl sites for hydroxylation is 1. The van der Waals surface area contributed by atoms with Crippen LogP contribution in [0.5, 0.6) is 0 Å². The van der Waals surface area contributed by atoms with Crippen LogP contribution in [0.1, 0.15) is 58.9 Å². The highest BCUT2D eigenvalue weighted by atomic mass is 19.3. The summed E-state index contributed by atoms with van der Waals surface area (Å²) in [5.41, 5.74) is 4.25. The van der Waals surface area contributed by atoms with E-state index in [1.165, 1.54) is 12.1 Å². The van der Waals surface area contributed by atoms with Crippen LogP contribution in [0, 0.1) is 5.82 Å².